The van der Waals surface area contributed by atoms with Crippen molar-refractivity contribution < 1.29 is 23.4 Å². The molecular weight excluding hydrogens is 254 g/mol. The van der Waals surface area contributed by atoms with Crippen LogP contribution in [-0.4, -0.2) is 11.1 Å². The van der Waals surface area contributed by atoms with Crippen LogP contribution >= 0.6 is 0 Å². The molecule has 19 heavy (non-hydrogen) atoms. The number of benzene rings is 2. The van der Waals surface area contributed by atoms with Gasteiger partial charge in [-0.3, -0.25) is 0 Å². The minimum Gasteiger partial charge on any atom is -0.489 e. The Hall–Kier alpha value is -2.43. The number of halogens is 2. The van der Waals surface area contributed by atoms with E-state index in [-0.39, 0.29) is 23.5 Å². The van der Waals surface area contributed by atoms with Crippen molar-refractivity contribution >= 4 is 5.97 Å². The molecule has 0 amide bonds. The first-order valence-corrected chi connectivity index (χ1v) is 5.47. The van der Waals surface area contributed by atoms with E-state index in [1.54, 1.807) is 0 Å². The van der Waals surface area contributed by atoms with Crippen LogP contribution < -0.4 is 4.74 Å². The van der Waals surface area contributed by atoms with E-state index in [4.69, 9.17) is 9.84 Å². The summed E-state index contributed by atoms with van der Waals surface area (Å²) < 4.78 is 31.7. The average molecular weight is 264 g/mol. The van der Waals surface area contributed by atoms with Crippen molar-refractivity contribution in [3.63, 3.8) is 0 Å². The van der Waals surface area contributed by atoms with Crippen LogP contribution in [-0.2, 0) is 6.61 Å². The predicted octanol–water partition coefficient (Wildman–Crippen LogP) is 3.24. The van der Waals surface area contributed by atoms with Crippen molar-refractivity contribution in [3.8, 4) is 5.75 Å². The number of hydrogen-bond donors (Lipinski definition) is 1. The molecule has 0 aromatic heterocycles. The Morgan fingerprint density at radius 2 is 1.89 bits per heavy atom. The summed E-state index contributed by atoms with van der Waals surface area (Å²) in [5, 5.41) is 8.95. The summed E-state index contributed by atoms with van der Waals surface area (Å²) in [6, 6.07) is 9.09. The van der Waals surface area contributed by atoms with Crippen LogP contribution in [0.15, 0.2) is 42.5 Å². The SMILES string of the molecule is O=C(O)c1cccc(F)c1COc1cccc(F)c1. The van der Waals surface area contributed by atoms with Crippen LogP contribution in [0.4, 0.5) is 8.78 Å². The van der Waals surface area contributed by atoms with E-state index in [0.29, 0.717) is 0 Å². The van der Waals surface area contributed by atoms with Gasteiger partial charge in [0.05, 0.1) is 5.56 Å². The van der Waals surface area contributed by atoms with Gasteiger partial charge in [0.25, 0.3) is 0 Å². The highest BCUT2D eigenvalue weighted by Gasteiger charge is 2.14. The van der Waals surface area contributed by atoms with Gasteiger partial charge in [-0.05, 0) is 24.3 Å². The molecule has 0 radical (unpaired) electrons. The van der Waals surface area contributed by atoms with E-state index in [9.17, 15) is 13.6 Å². The monoisotopic (exact) mass is 264 g/mol. The van der Waals surface area contributed by atoms with E-state index in [1.807, 2.05) is 0 Å². The van der Waals surface area contributed by atoms with Gasteiger partial charge >= 0.3 is 5.97 Å². The lowest BCUT2D eigenvalue weighted by Gasteiger charge is -2.09. The average Bonchev–Trinajstić information content (AvgIpc) is 2.37. The van der Waals surface area contributed by atoms with Crippen molar-refractivity contribution in [1.82, 2.24) is 0 Å². The fraction of sp³-hybridized carbons (Fsp3) is 0.0714. The molecule has 0 unspecified atom stereocenters. The molecule has 0 atom stereocenters. The standard InChI is InChI=1S/C14H10F2O3/c15-9-3-1-4-10(7-9)19-8-12-11(14(17)18)5-2-6-13(12)16/h1-7H,8H2,(H,17,18). The van der Waals surface area contributed by atoms with Crippen molar-refractivity contribution in [1.29, 1.82) is 0 Å². The molecule has 0 aliphatic rings. The fourth-order valence-electron chi connectivity index (χ4n) is 1.62. The summed E-state index contributed by atoms with van der Waals surface area (Å²) in [6.45, 7) is -0.280. The second-order valence-electron chi connectivity index (χ2n) is 3.82. The third kappa shape index (κ3) is 3.07. The van der Waals surface area contributed by atoms with E-state index in [0.717, 1.165) is 12.1 Å². The molecule has 0 saturated heterocycles. The second kappa shape index (κ2) is 5.48. The topological polar surface area (TPSA) is 46.5 Å². The molecule has 2 aromatic rings. The third-order valence-electron chi connectivity index (χ3n) is 2.53. The highest BCUT2D eigenvalue weighted by atomic mass is 19.1. The maximum Gasteiger partial charge on any atom is 0.336 e. The number of ether oxygens (including phenoxy) is 1. The summed E-state index contributed by atoms with van der Waals surface area (Å²) in [7, 11) is 0. The maximum absolute atomic E-state index is 13.6. The van der Waals surface area contributed by atoms with Crippen LogP contribution in [0.1, 0.15) is 15.9 Å². The van der Waals surface area contributed by atoms with Gasteiger partial charge in [-0.15, -0.1) is 0 Å². The van der Waals surface area contributed by atoms with Crippen LogP contribution in [0.25, 0.3) is 0 Å². The van der Waals surface area contributed by atoms with Gasteiger partial charge in [0.2, 0.25) is 0 Å². The molecule has 0 spiro atoms. The van der Waals surface area contributed by atoms with E-state index in [2.05, 4.69) is 0 Å². The largest absolute Gasteiger partial charge is 0.489 e. The Morgan fingerprint density at radius 3 is 2.58 bits per heavy atom. The molecule has 0 aliphatic carbocycles. The molecule has 0 saturated carbocycles. The van der Waals surface area contributed by atoms with Gasteiger partial charge < -0.3 is 9.84 Å². The number of carboxylic acids is 1. The molecule has 3 nitrogen and oxygen atoms in total. The van der Waals surface area contributed by atoms with Crippen molar-refractivity contribution in [2.45, 2.75) is 6.61 Å². The maximum atomic E-state index is 13.6. The number of hydrogen-bond acceptors (Lipinski definition) is 2. The molecule has 2 aromatic carbocycles. The van der Waals surface area contributed by atoms with Gasteiger partial charge in [0.1, 0.15) is 24.0 Å². The lowest BCUT2D eigenvalue weighted by molar-refractivity contribution is 0.0693. The summed E-state index contributed by atoms with van der Waals surface area (Å²) in [6.07, 6.45) is 0. The summed E-state index contributed by atoms with van der Waals surface area (Å²) in [5.74, 6) is -2.18. The van der Waals surface area contributed by atoms with Crippen molar-refractivity contribution in [2.75, 3.05) is 0 Å². The number of carboxylic acid groups (broad SMARTS) is 1. The smallest absolute Gasteiger partial charge is 0.336 e. The van der Waals surface area contributed by atoms with Gasteiger partial charge in [0, 0.05) is 11.6 Å². The first kappa shape index (κ1) is 13.0. The first-order chi connectivity index (χ1) is 9.08. The van der Waals surface area contributed by atoms with Crippen molar-refractivity contribution in [2.24, 2.45) is 0 Å². The molecule has 5 heteroatoms. The van der Waals surface area contributed by atoms with E-state index >= 15 is 0 Å². The number of aromatic carboxylic acids is 1. The van der Waals surface area contributed by atoms with E-state index in [1.165, 1.54) is 30.3 Å². The fourth-order valence-corrected chi connectivity index (χ4v) is 1.62. The summed E-state index contributed by atoms with van der Waals surface area (Å²) in [4.78, 5) is 11.0. The predicted molar refractivity (Wildman–Crippen MR) is 64.1 cm³/mol. The Kier molecular flexibility index (Phi) is 3.75. The minimum atomic E-state index is -1.24. The van der Waals surface area contributed by atoms with Crippen LogP contribution in [0.2, 0.25) is 0 Å². The normalized spacial score (nSPS) is 10.2. The third-order valence-corrected chi connectivity index (χ3v) is 2.53. The molecule has 2 rings (SSSR count). The Balaban J connectivity index is 2.22. The second-order valence-corrected chi connectivity index (χ2v) is 3.82. The quantitative estimate of drug-likeness (QED) is 0.922. The highest BCUT2D eigenvalue weighted by molar-refractivity contribution is 5.89. The molecule has 0 fully saturated rings. The molecule has 0 aliphatic heterocycles. The minimum absolute atomic E-state index is 0.0701. The Labute approximate surface area is 108 Å². The molecule has 0 heterocycles. The zero-order valence-electron chi connectivity index (χ0n) is 9.77. The van der Waals surface area contributed by atoms with Crippen molar-refractivity contribution in [3.05, 3.63) is 65.2 Å². The van der Waals surface area contributed by atoms with Crippen LogP contribution in [0, 0.1) is 11.6 Å². The molecule has 98 valence electrons. The number of carbonyl (C=O) groups is 1. The van der Waals surface area contributed by atoms with E-state index < -0.39 is 17.6 Å². The van der Waals surface area contributed by atoms with Crippen LogP contribution in [0.3, 0.4) is 0 Å². The Morgan fingerprint density at radius 1 is 1.16 bits per heavy atom. The summed E-state index contributed by atoms with van der Waals surface area (Å²) in [5.41, 5.74) is -0.240. The summed E-state index contributed by atoms with van der Waals surface area (Å²) >= 11 is 0. The van der Waals surface area contributed by atoms with Crippen LogP contribution in [0.5, 0.6) is 5.75 Å². The first-order valence-electron chi connectivity index (χ1n) is 5.47. The lowest BCUT2D eigenvalue weighted by atomic mass is 10.1. The zero-order chi connectivity index (χ0) is 13.8. The van der Waals surface area contributed by atoms with Gasteiger partial charge in [-0.1, -0.05) is 12.1 Å². The van der Waals surface area contributed by atoms with Gasteiger partial charge in [-0.25, -0.2) is 13.6 Å². The molecular formula is C14H10F2O3. The number of rotatable bonds is 4. The molecule has 0 bridgehead atoms. The zero-order valence-corrected chi connectivity index (χ0v) is 9.77. The highest BCUT2D eigenvalue weighted by Crippen LogP contribution is 2.18. The van der Waals surface area contributed by atoms with Gasteiger partial charge in [-0.2, -0.15) is 0 Å². The molecule has 1 N–H and O–H groups in total. The van der Waals surface area contributed by atoms with Gasteiger partial charge in [0.15, 0.2) is 0 Å². The lowest BCUT2D eigenvalue weighted by Crippen LogP contribution is -2.08. The Bertz CT molecular complexity index is 611.